The summed E-state index contributed by atoms with van der Waals surface area (Å²) < 4.78 is 0. The van der Waals surface area contributed by atoms with Gasteiger partial charge in [-0.15, -0.1) is 0 Å². The zero-order valence-electron chi connectivity index (χ0n) is 11.9. The fourth-order valence-electron chi connectivity index (χ4n) is 2.35. The molecule has 1 N–H and O–H groups in total. The van der Waals surface area contributed by atoms with E-state index in [1.165, 1.54) is 0 Å². The lowest BCUT2D eigenvalue weighted by Crippen LogP contribution is -2.43. The number of anilines is 1. The number of carbonyl (C=O) groups is 1. The van der Waals surface area contributed by atoms with E-state index in [-0.39, 0.29) is 11.9 Å². The van der Waals surface area contributed by atoms with Gasteiger partial charge in [0, 0.05) is 26.3 Å². The fraction of sp³-hybridized carbons (Fsp3) is 0.571. The molecule has 1 aliphatic heterocycles. The van der Waals surface area contributed by atoms with E-state index in [1.54, 1.807) is 12.3 Å². The van der Waals surface area contributed by atoms with E-state index in [1.807, 2.05) is 25.1 Å². The molecule has 0 radical (unpaired) electrons. The third-order valence-corrected chi connectivity index (χ3v) is 3.51. The van der Waals surface area contributed by atoms with Crippen molar-refractivity contribution >= 4 is 11.7 Å². The molecule has 1 fully saturated rings. The molecule has 1 saturated heterocycles. The highest BCUT2D eigenvalue weighted by Crippen LogP contribution is 2.16. The van der Waals surface area contributed by atoms with Gasteiger partial charge < -0.3 is 15.1 Å². The van der Waals surface area contributed by atoms with Crippen molar-refractivity contribution in [3.8, 4) is 0 Å². The van der Waals surface area contributed by atoms with E-state index in [0.29, 0.717) is 11.4 Å². The molecule has 0 atom stereocenters. The largest absolute Gasteiger partial charge is 0.362 e. The fourth-order valence-corrected chi connectivity index (χ4v) is 2.35. The minimum atomic E-state index is -0.0219. The van der Waals surface area contributed by atoms with Gasteiger partial charge in [0.2, 0.25) is 0 Å². The number of hydrogen-bond donors (Lipinski definition) is 1. The number of carbonyl (C=O) groups excluding carboxylic acids is 1. The number of nitrogens with one attached hydrogen (secondary N) is 1. The first kappa shape index (κ1) is 13.8. The van der Waals surface area contributed by atoms with E-state index < -0.39 is 0 Å². The molecule has 1 aromatic heterocycles. The van der Waals surface area contributed by atoms with Crippen molar-refractivity contribution in [2.45, 2.75) is 18.9 Å². The predicted octanol–water partition coefficient (Wildman–Crippen LogP) is 0.972. The van der Waals surface area contributed by atoms with Crippen LogP contribution < -0.4 is 10.2 Å². The Labute approximate surface area is 114 Å². The number of piperidine rings is 1. The van der Waals surface area contributed by atoms with Crippen LogP contribution in [0.3, 0.4) is 0 Å². The van der Waals surface area contributed by atoms with Crippen molar-refractivity contribution in [3.63, 3.8) is 0 Å². The van der Waals surface area contributed by atoms with Gasteiger partial charge in [0.25, 0.3) is 5.91 Å². The topological polar surface area (TPSA) is 48.5 Å². The molecular formula is C14H22N4O. The summed E-state index contributed by atoms with van der Waals surface area (Å²) in [5, 5.41) is 3.12. The van der Waals surface area contributed by atoms with Crippen LogP contribution in [0.15, 0.2) is 18.3 Å². The first-order valence-electron chi connectivity index (χ1n) is 6.69. The third kappa shape index (κ3) is 3.44. The minimum absolute atomic E-state index is 0.0219. The number of nitrogens with zero attached hydrogens (tertiary/aromatic N) is 3. The van der Waals surface area contributed by atoms with Crippen LogP contribution in [0.2, 0.25) is 0 Å². The molecule has 0 aromatic carbocycles. The SMILES string of the molecule is CN1CCC(NC(=O)c2cccnc2N(C)C)CC1. The van der Waals surface area contributed by atoms with Crippen molar-refractivity contribution in [2.24, 2.45) is 0 Å². The van der Waals surface area contributed by atoms with E-state index in [2.05, 4.69) is 22.2 Å². The monoisotopic (exact) mass is 262 g/mol. The minimum Gasteiger partial charge on any atom is -0.362 e. The average molecular weight is 262 g/mol. The second kappa shape index (κ2) is 6.02. The molecule has 5 heteroatoms. The maximum atomic E-state index is 12.3. The smallest absolute Gasteiger partial charge is 0.255 e. The summed E-state index contributed by atoms with van der Waals surface area (Å²) in [7, 11) is 5.91. The molecule has 1 aromatic rings. The van der Waals surface area contributed by atoms with Gasteiger partial charge in [0.1, 0.15) is 5.82 Å². The summed E-state index contributed by atoms with van der Waals surface area (Å²) in [4.78, 5) is 20.7. The van der Waals surface area contributed by atoms with Crippen molar-refractivity contribution < 1.29 is 4.79 Å². The van der Waals surface area contributed by atoms with Gasteiger partial charge in [-0.1, -0.05) is 0 Å². The molecule has 19 heavy (non-hydrogen) atoms. The molecule has 0 bridgehead atoms. The molecule has 2 rings (SSSR count). The van der Waals surface area contributed by atoms with Crippen LogP contribution in [0.1, 0.15) is 23.2 Å². The Morgan fingerprint density at radius 2 is 2.11 bits per heavy atom. The van der Waals surface area contributed by atoms with Crippen molar-refractivity contribution in [1.29, 1.82) is 0 Å². The van der Waals surface area contributed by atoms with Crippen LogP contribution in [0.25, 0.3) is 0 Å². The Kier molecular flexibility index (Phi) is 4.37. The van der Waals surface area contributed by atoms with Gasteiger partial charge >= 0.3 is 0 Å². The molecule has 5 nitrogen and oxygen atoms in total. The number of amides is 1. The number of rotatable bonds is 3. The molecule has 104 valence electrons. The number of hydrogen-bond acceptors (Lipinski definition) is 4. The van der Waals surface area contributed by atoms with Crippen LogP contribution in [-0.4, -0.2) is 56.1 Å². The van der Waals surface area contributed by atoms with E-state index in [9.17, 15) is 4.79 Å². The lowest BCUT2D eigenvalue weighted by molar-refractivity contribution is 0.0917. The van der Waals surface area contributed by atoms with Gasteiger partial charge in [0.15, 0.2) is 0 Å². The van der Waals surface area contributed by atoms with Gasteiger partial charge in [-0.3, -0.25) is 4.79 Å². The van der Waals surface area contributed by atoms with Crippen LogP contribution in [0.5, 0.6) is 0 Å². The predicted molar refractivity (Wildman–Crippen MR) is 76.5 cm³/mol. The zero-order chi connectivity index (χ0) is 13.8. The highest BCUT2D eigenvalue weighted by molar-refractivity contribution is 5.99. The summed E-state index contributed by atoms with van der Waals surface area (Å²) in [6, 6.07) is 3.90. The molecule has 0 saturated carbocycles. The van der Waals surface area contributed by atoms with Gasteiger partial charge in [0.05, 0.1) is 5.56 Å². The van der Waals surface area contributed by atoms with Crippen LogP contribution >= 0.6 is 0 Å². The molecule has 0 spiro atoms. The van der Waals surface area contributed by atoms with Gasteiger partial charge in [-0.25, -0.2) is 4.98 Å². The van der Waals surface area contributed by atoms with Crippen molar-refractivity contribution in [1.82, 2.24) is 15.2 Å². The van der Waals surface area contributed by atoms with Gasteiger partial charge in [-0.05, 0) is 45.1 Å². The van der Waals surface area contributed by atoms with Crippen LogP contribution in [0.4, 0.5) is 5.82 Å². The highest BCUT2D eigenvalue weighted by atomic mass is 16.1. The van der Waals surface area contributed by atoms with E-state index in [4.69, 9.17) is 0 Å². The summed E-state index contributed by atoms with van der Waals surface area (Å²) >= 11 is 0. The molecular weight excluding hydrogens is 240 g/mol. The van der Waals surface area contributed by atoms with E-state index in [0.717, 1.165) is 25.9 Å². The maximum absolute atomic E-state index is 12.3. The Bertz CT molecular complexity index is 439. The highest BCUT2D eigenvalue weighted by Gasteiger charge is 2.21. The summed E-state index contributed by atoms with van der Waals surface area (Å²) in [5.41, 5.74) is 0.645. The molecule has 1 amide bonds. The average Bonchev–Trinajstić information content (AvgIpc) is 2.41. The van der Waals surface area contributed by atoms with E-state index >= 15 is 0 Å². The second-order valence-corrected chi connectivity index (χ2v) is 5.32. The lowest BCUT2D eigenvalue weighted by atomic mass is 10.0. The van der Waals surface area contributed by atoms with Crippen molar-refractivity contribution in [3.05, 3.63) is 23.9 Å². The summed E-state index contributed by atoms with van der Waals surface area (Å²) in [6.07, 6.45) is 3.74. The maximum Gasteiger partial charge on any atom is 0.255 e. The van der Waals surface area contributed by atoms with Crippen LogP contribution in [0, 0.1) is 0 Å². The molecule has 0 unspecified atom stereocenters. The Morgan fingerprint density at radius 1 is 1.42 bits per heavy atom. The molecule has 0 aliphatic carbocycles. The molecule has 1 aliphatic rings. The Balaban J connectivity index is 2.04. The summed E-state index contributed by atoms with van der Waals surface area (Å²) in [5.74, 6) is 0.694. The quantitative estimate of drug-likeness (QED) is 0.882. The number of aromatic nitrogens is 1. The second-order valence-electron chi connectivity index (χ2n) is 5.32. The standard InChI is InChI=1S/C14H22N4O/c1-17(2)13-12(5-4-8-15-13)14(19)16-11-6-9-18(3)10-7-11/h4-5,8,11H,6-7,9-10H2,1-3H3,(H,16,19). The normalized spacial score (nSPS) is 17.2. The number of likely N-dealkylation sites (tertiary alicyclic amines) is 1. The first-order chi connectivity index (χ1) is 9.08. The Morgan fingerprint density at radius 3 is 2.74 bits per heavy atom. The first-order valence-corrected chi connectivity index (χ1v) is 6.69. The Hall–Kier alpha value is -1.62. The zero-order valence-corrected chi connectivity index (χ0v) is 11.9. The number of pyridine rings is 1. The van der Waals surface area contributed by atoms with Crippen LogP contribution in [-0.2, 0) is 0 Å². The lowest BCUT2D eigenvalue weighted by Gasteiger charge is -2.29. The third-order valence-electron chi connectivity index (χ3n) is 3.51. The molecule has 2 heterocycles. The van der Waals surface area contributed by atoms with Gasteiger partial charge in [-0.2, -0.15) is 0 Å². The summed E-state index contributed by atoms with van der Waals surface area (Å²) in [6.45, 7) is 2.08. The van der Waals surface area contributed by atoms with Crippen molar-refractivity contribution in [2.75, 3.05) is 39.1 Å².